The maximum Gasteiger partial charge on any atom is 0.263 e. The molecule has 0 unspecified atom stereocenters. The van der Waals surface area contributed by atoms with E-state index in [-0.39, 0.29) is 9.92 Å². The zero-order valence-corrected chi connectivity index (χ0v) is 16.8. The molecule has 0 aliphatic heterocycles. The molecule has 0 spiro atoms. The fourth-order valence-corrected chi connectivity index (χ4v) is 5.84. The summed E-state index contributed by atoms with van der Waals surface area (Å²) in [5.41, 5.74) is 2.38. The third-order valence-corrected chi connectivity index (χ3v) is 6.80. The molecule has 8 heteroatoms. The van der Waals surface area contributed by atoms with Crippen molar-refractivity contribution in [2.45, 2.75) is 11.8 Å². The summed E-state index contributed by atoms with van der Waals surface area (Å²) in [5, 5.41) is 4.56. The first-order valence-corrected chi connectivity index (χ1v) is 10.6. The van der Waals surface area contributed by atoms with Crippen molar-refractivity contribution >= 4 is 61.9 Å². The van der Waals surface area contributed by atoms with Gasteiger partial charge in [-0.2, -0.15) is 0 Å². The Labute approximate surface area is 165 Å². The Bertz CT molecular complexity index is 1020. The van der Waals surface area contributed by atoms with Crippen LogP contribution in [0.1, 0.15) is 5.56 Å². The maximum absolute atomic E-state index is 12.9. The van der Waals surface area contributed by atoms with Crippen LogP contribution in [0.4, 0.5) is 5.69 Å². The van der Waals surface area contributed by atoms with Gasteiger partial charge in [0.2, 0.25) is 0 Å². The second-order valence-corrected chi connectivity index (χ2v) is 8.93. The number of aryl methyl sites for hydroxylation is 1. The fourth-order valence-electron chi connectivity index (χ4n) is 2.49. The Morgan fingerprint density at radius 3 is 2.36 bits per heavy atom. The lowest BCUT2D eigenvalue weighted by atomic mass is 10.1. The van der Waals surface area contributed by atoms with Crippen LogP contribution in [-0.2, 0) is 10.0 Å². The molecule has 0 aliphatic rings. The summed E-state index contributed by atoms with van der Waals surface area (Å²) < 4.78 is 28.3. The predicted molar refractivity (Wildman–Crippen MR) is 107 cm³/mol. The standard InChI is InChI=1S/C17H12Cl3NO2S2/c1-10-6-11(18)7-15(20)17(10)25(22,23)21-16-9-24-8-13(16)12-4-2-3-5-14(12)19/h2-9,21H,1H3. The largest absolute Gasteiger partial charge is 0.278 e. The van der Waals surface area contributed by atoms with Crippen LogP contribution in [0.2, 0.25) is 15.1 Å². The molecule has 0 aliphatic carbocycles. The molecule has 0 amide bonds. The summed E-state index contributed by atoms with van der Waals surface area (Å²) >= 11 is 19.7. The molecule has 3 nitrogen and oxygen atoms in total. The van der Waals surface area contributed by atoms with E-state index in [2.05, 4.69) is 4.72 Å². The number of benzene rings is 2. The van der Waals surface area contributed by atoms with Gasteiger partial charge in [0, 0.05) is 31.9 Å². The van der Waals surface area contributed by atoms with Gasteiger partial charge in [-0.3, -0.25) is 4.72 Å². The molecule has 0 saturated heterocycles. The molecule has 2 aromatic carbocycles. The molecule has 25 heavy (non-hydrogen) atoms. The van der Waals surface area contributed by atoms with E-state index in [0.717, 1.165) is 5.56 Å². The molecular formula is C17H12Cl3NO2S2. The van der Waals surface area contributed by atoms with Crippen LogP contribution in [0.5, 0.6) is 0 Å². The molecule has 1 N–H and O–H groups in total. The molecule has 1 aromatic heterocycles. The van der Waals surface area contributed by atoms with E-state index in [4.69, 9.17) is 34.8 Å². The van der Waals surface area contributed by atoms with Crippen LogP contribution in [0.15, 0.2) is 52.1 Å². The van der Waals surface area contributed by atoms with Crippen molar-refractivity contribution in [2.24, 2.45) is 0 Å². The van der Waals surface area contributed by atoms with Gasteiger partial charge in [0.05, 0.1) is 10.7 Å². The second kappa shape index (κ2) is 7.17. The zero-order chi connectivity index (χ0) is 18.2. The number of hydrogen-bond acceptors (Lipinski definition) is 3. The fraction of sp³-hybridized carbons (Fsp3) is 0.0588. The predicted octanol–water partition coefficient (Wildman–Crippen LogP) is 6.48. The van der Waals surface area contributed by atoms with E-state index in [1.54, 1.807) is 24.4 Å². The van der Waals surface area contributed by atoms with E-state index >= 15 is 0 Å². The van der Waals surface area contributed by atoms with Crippen molar-refractivity contribution in [3.63, 3.8) is 0 Å². The van der Waals surface area contributed by atoms with E-state index in [1.165, 1.54) is 17.4 Å². The average Bonchev–Trinajstić information content (AvgIpc) is 2.93. The number of thiophene rings is 1. The third kappa shape index (κ3) is 3.81. The molecule has 1 heterocycles. The first kappa shape index (κ1) is 18.5. The monoisotopic (exact) mass is 431 g/mol. The molecule has 0 fully saturated rings. The van der Waals surface area contributed by atoms with Gasteiger partial charge in [0.15, 0.2) is 0 Å². The molecule has 0 radical (unpaired) electrons. The highest BCUT2D eigenvalue weighted by molar-refractivity contribution is 7.93. The quantitative estimate of drug-likeness (QED) is 0.512. The summed E-state index contributed by atoms with van der Waals surface area (Å²) in [4.78, 5) is 0.00914. The number of rotatable bonds is 4. The van der Waals surface area contributed by atoms with Gasteiger partial charge < -0.3 is 0 Å². The van der Waals surface area contributed by atoms with Gasteiger partial charge in [-0.1, -0.05) is 53.0 Å². The molecule has 3 rings (SSSR count). The van der Waals surface area contributed by atoms with Crippen LogP contribution in [0.3, 0.4) is 0 Å². The number of anilines is 1. The smallest absolute Gasteiger partial charge is 0.263 e. The van der Waals surface area contributed by atoms with Crippen molar-refractivity contribution < 1.29 is 8.42 Å². The van der Waals surface area contributed by atoms with Crippen molar-refractivity contribution in [1.29, 1.82) is 0 Å². The van der Waals surface area contributed by atoms with Gasteiger partial charge >= 0.3 is 0 Å². The minimum Gasteiger partial charge on any atom is -0.278 e. The van der Waals surface area contributed by atoms with Crippen molar-refractivity contribution in [1.82, 2.24) is 0 Å². The van der Waals surface area contributed by atoms with Crippen LogP contribution in [-0.4, -0.2) is 8.42 Å². The molecule has 0 atom stereocenters. The summed E-state index contributed by atoms with van der Waals surface area (Å²) in [5.74, 6) is 0. The van der Waals surface area contributed by atoms with Crippen LogP contribution in [0, 0.1) is 6.92 Å². The van der Waals surface area contributed by atoms with E-state index in [9.17, 15) is 8.42 Å². The van der Waals surface area contributed by atoms with Gasteiger partial charge in [-0.05, 0) is 30.7 Å². The van der Waals surface area contributed by atoms with Crippen LogP contribution >= 0.6 is 46.1 Å². The van der Waals surface area contributed by atoms with Crippen LogP contribution < -0.4 is 4.72 Å². The highest BCUT2D eigenvalue weighted by atomic mass is 35.5. The first-order chi connectivity index (χ1) is 11.8. The van der Waals surface area contributed by atoms with E-state index in [0.29, 0.717) is 26.9 Å². The lowest BCUT2D eigenvalue weighted by Gasteiger charge is -2.13. The minimum atomic E-state index is -3.88. The van der Waals surface area contributed by atoms with Gasteiger partial charge in [0.1, 0.15) is 4.90 Å². The number of hydrogen-bond donors (Lipinski definition) is 1. The van der Waals surface area contributed by atoms with Gasteiger partial charge in [0.25, 0.3) is 10.0 Å². The number of nitrogens with one attached hydrogen (secondary N) is 1. The molecule has 130 valence electrons. The van der Waals surface area contributed by atoms with Gasteiger partial charge in [-0.25, -0.2) is 8.42 Å². The zero-order valence-electron chi connectivity index (χ0n) is 12.9. The molecule has 0 saturated carbocycles. The third-order valence-electron chi connectivity index (χ3n) is 3.53. The van der Waals surface area contributed by atoms with Crippen molar-refractivity contribution in [3.8, 4) is 11.1 Å². The summed E-state index contributed by atoms with van der Waals surface area (Å²) in [6, 6.07) is 10.2. The Hall–Kier alpha value is -1.24. The lowest BCUT2D eigenvalue weighted by Crippen LogP contribution is -2.15. The summed E-state index contributed by atoms with van der Waals surface area (Å²) in [7, 11) is -3.88. The maximum atomic E-state index is 12.9. The minimum absolute atomic E-state index is 0.00914. The Morgan fingerprint density at radius 2 is 1.68 bits per heavy atom. The summed E-state index contributed by atoms with van der Waals surface area (Å²) in [6.07, 6.45) is 0. The molecular weight excluding hydrogens is 421 g/mol. The first-order valence-electron chi connectivity index (χ1n) is 7.09. The SMILES string of the molecule is Cc1cc(Cl)cc(Cl)c1S(=O)(=O)Nc1cscc1-c1ccccc1Cl. The Kier molecular flexibility index (Phi) is 5.32. The average molecular weight is 433 g/mol. The topological polar surface area (TPSA) is 46.2 Å². The van der Waals surface area contributed by atoms with Crippen molar-refractivity contribution in [3.05, 3.63) is 67.8 Å². The second-order valence-electron chi connectivity index (χ2n) is 5.32. The molecule has 3 aromatic rings. The van der Waals surface area contributed by atoms with E-state index in [1.807, 2.05) is 23.6 Å². The van der Waals surface area contributed by atoms with Gasteiger partial charge in [-0.15, -0.1) is 11.3 Å². The molecule has 0 bridgehead atoms. The van der Waals surface area contributed by atoms with Crippen molar-refractivity contribution in [2.75, 3.05) is 4.72 Å². The summed E-state index contributed by atoms with van der Waals surface area (Å²) in [6.45, 7) is 1.65. The normalized spacial score (nSPS) is 11.5. The Morgan fingerprint density at radius 1 is 0.960 bits per heavy atom. The number of halogens is 3. The Balaban J connectivity index is 2.05. The lowest BCUT2D eigenvalue weighted by molar-refractivity contribution is 0.600. The highest BCUT2D eigenvalue weighted by Crippen LogP contribution is 2.38. The number of sulfonamides is 1. The van der Waals surface area contributed by atoms with Crippen LogP contribution in [0.25, 0.3) is 11.1 Å². The van der Waals surface area contributed by atoms with E-state index < -0.39 is 10.0 Å². The highest BCUT2D eigenvalue weighted by Gasteiger charge is 2.23.